The van der Waals surface area contributed by atoms with Crippen LogP contribution < -0.4 is 5.32 Å². The van der Waals surface area contributed by atoms with Gasteiger partial charge in [-0.05, 0) is 70.6 Å². The zero-order valence-corrected chi connectivity index (χ0v) is 40.7. The number of hydrogen-bond donors (Lipinski definition) is 5. The minimum Gasteiger partial charge on any atom is -0.394 e. The van der Waals surface area contributed by atoms with Crippen molar-refractivity contribution in [3.63, 3.8) is 0 Å². The maximum absolute atomic E-state index is 12.5. The summed E-state index contributed by atoms with van der Waals surface area (Å²) in [6, 6.07) is -1.00. The second-order valence-corrected chi connectivity index (χ2v) is 18.6. The Bertz CT molecular complexity index is 966. The van der Waals surface area contributed by atoms with Gasteiger partial charge >= 0.3 is 0 Å². The molecule has 0 aromatic rings. The predicted molar refractivity (Wildman–Crippen MR) is 265 cm³/mol. The Labute approximate surface area is 379 Å². The van der Waals surface area contributed by atoms with Crippen LogP contribution in [0.1, 0.15) is 277 Å². The molecule has 0 bridgehead atoms. The zero-order chi connectivity index (χ0) is 44.5. The Kier molecular flexibility index (Phi) is 48.3. The first kappa shape index (κ1) is 59.5. The van der Waals surface area contributed by atoms with E-state index in [0.29, 0.717) is 12.8 Å². The minimum absolute atomic E-state index is 0.364. The molecule has 0 aliphatic carbocycles. The zero-order valence-electron chi connectivity index (χ0n) is 40.7. The molecule has 0 spiro atoms. The molecule has 0 rings (SSSR count). The number of allylic oxidation sites excluding steroid dienone is 6. The first-order valence-electron chi connectivity index (χ1n) is 26.9. The fourth-order valence-electron chi connectivity index (χ4n) is 8.32. The topological polar surface area (TPSA) is 110 Å². The Hall–Kier alpha value is -1.47. The number of aliphatic hydroxyl groups excluding tert-OH is 4. The first-order valence-corrected chi connectivity index (χ1v) is 26.9. The summed E-state index contributed by atoms with van der Waals surface area (Å²) in [6.07, 6.45) is 60.9. The van der Waals surface area contributed by atoms with Gasteiger partial charge in [-0.2, -0.15) is 0 Å². The molecule has 0 aliphatic rings. The van der Waals surface area contributed by atoms with Gasteiger partial charge in [0.2, 0.25) is 5.91 Å². The highest BCUT2D eigenvalue weighted by Gasteiger charge is 2.28. The summed E-state index contributed by atoms with van der Waals surface area (Å²) in [6.45, 7) is 4.03. The highest BCUT2D eigenvalue weighted by atomic mass is 16.3. The van der Waals surface area contributed by atoms with Crippen LogP contribution in [0.25, 0.3) is 0 Å². The molecule has 0 fully saturated rings. The molecule has 4 unspecified atom stereocenters. The number of hydrogen-bond acceptors (Lipinski definition) is 5. The summed E-state index contributed by atoms with van der Waals surface area (Å²) in [4.78, 5) is 12.5. The molecule has 0 aliphatic heterocycles. The predicted octanol–water partition coefficient (Wildman–Crippen LogP) is 15.2. The van der Waals surface area contributed by atoms with Crippen LogP contribution in [-0.4, -0.2) is 57.3 Å². The maximum atomic E-state index is 12.5. The van der Waals surface area contributed by atoms with Gasteiger partial charge in [0.15, 0.2) is 0 Å². The Morgan fingerprint density at radius 3 is 1.08 bits per heavy atom. The lowest BCUT2D eigenvalue weighted by molar-refractivity contribution is -0.132. The fourth-order valence-corrected chi connectivity index (χ4v) is 8.32. The van der Waals surface area contributed by atoms with Crippen LogP contribution in [0, 0.1) is 0 Å². The smallest absolute Gasteiger partial charge is 0.249 e. The summed E-state index contributed by atoms with van der Waals surface area (Å²) >= 11 is 0. The number of carbonyl (C=O) groups is 1. The molecule has 1 amide bonds. The molecule has 6 nitrogen and oxygen atoms in total. The maximum Gasteiger partial charge on any atom is 0.249 e. The summed E-state index contributed by atoms with van der Waals surface area (Å²) in [5.41, 5.74) is 0. The number of rotatable bonds is 49. The average molecular weight is 860 g/mol. The minimum atomic E-state index is -1.28. The third kappa shape index (κ3) is 43.6. The van der Waals surface area contributed by atoms with Crippen molar-refractivity contribution in [3.05, 3.63) is 36.5 Å². The normalized spacial score (nSPS) is 14.1. The largest absolute Gasteiger partial charge is 0.394 e. The van der Waals surface area contributed by atoms with E-state index in [1.807, 2.05) is 0 Å². The van der Waals surface area contributed by atoms with E-state index in [1.165, 1.54) is 205 Å². The molecular formula is C55H105NO5. The highest BCUT2D eigenvalue weighted by Crippen LogP contribution is 2.17. The monoisotopic (exact) mass is 860 g/mol. The van der Waals surface area contributed by atoms with Gasteiger partial charge in [-0.1, -0.05) is 243 Å². The Balaban J connectivity index is 3.56. The van der Waals surface area contributed by atoms with Gasteiger partial charge in [0.05, 0.1) is 18.8 Å². The van der Waals surface area contributed by atoms with Crippen molar-refractivity contribution in [1.82, 2.24) is 5.32 Å². The van der Waals surface area contributed by atoms with Gasteiger partial charge < -0.3 is 25.7 Å². The number of carbonyl (C=O) groups excluding carboxylic acids is 1. The van der Waals surface area contributed by atoms with Crippen LogP contribution in [0.5, 0.6) is 0 Å². The fraction of sp³-hybridized carbons (Fsp3) is 0.873. The van der Waals surface area contributed by atoms with Crippen LogP contribution in [0.3, 0.4) is 0 Å². The van der Waals surface area contributed by atoms with Crippen molar-refractivity contribution in [2.45, 2.75) is 301 Å². The molecule has 0 saturated heterocycles. The third-order valence-electron chi connectivity index (χ3n) is 12.6. The van der Waals surface area contributed by atoms with Crippen LogP contribution in [0.15, 0.2) is 36.5 Å². The lowest BCUT2D eigenvalue weighted by Crippen LogP contribution is -2.53. The van der Waals surface area contributed by atoms with E-state index in [9.17, 15) is 25.2 Å². The molecule has 61 heavy (non-hydrogen) atoms. The third-order valence-corrected chi connectivity index (χ3v) is 12.6. The van der Waals surface area contributed by atoms with E-state index < -0.39 is 36.9 Å². The van der Waals surface area contributed by atoms with Crippen molar-refractivity contribution in [3.8, 4) is 0 Å². The average Bonchev–Trinajstić information content (AvgIpc) is 3.26. The summed E-state index contributed by atoms with van der Waals surface area (Å²) in [5, 5.41) is 43.7. The van der Waals surface area contributed by atoms with E-state index in [2.05, 4.69) is 55.6 Å². The van der Waals surface area contributed by atoms with Crippen LogP contribution in [0.2, 0.25) is 0 Å². The molecule has 0 aromatic carbocycles. The van der Waals surface area contributed by atoms with Crippen molar-refractivity contribution in [2.24, 2.45) is 0 Å². The Morgan fingerprint density at radius 2 is 0.721 bits per heavy atom. The van der Waals surface area contributed by atoms with Crippen molar-refractivity contribution >= 4 is 5.91 Å². The number of aliphatic hydroxyl groups is 4. The van der Waals surface area contributed by atoms with E-state index in [1.54, 1.807) is 0 Å². The summed E-state index contributed by atoms with van der Waals surface area (Å²) < 4.78 is 0. The summed E-state index contributed by atoms with van der Waals surface area (Å²) in [5.74, 6) is -0.593. The highest BCUT2D eigenvalue weighted by molar-refractivity contribution is 5.80. The number of unbranched alkanes of at least 4 members (excludes halogenated alkanes) is 34. The number of nitrogens with one attached hydrogen (secondary N) is 1. The molecule has 6 heteroatoms. The molecule has 4 atom stereocenters. The van der Waals surface area contributed by atoms with Crippen LogP contribution in [-0.2, 0) is 4.79 Å². The molecule has 0 heterocycles. The van der Waals surface area contributed by atoms with Crippen molar-refractivity contribution in [1.29, 1.82) is 0 Å². The van der Waals surface area contributed by atoms with Gasteiger partial charge in [0, 0.05) is 0 Å². The molecular weight excluding hydrogens is 755 g/mol. The van der Waals surface area contributed by atoms with Crippen LogP contribution in [0.4, 0.5) is 0 Å². The Morgan fingerprint density at radius 1 is 0.410 bits per heavy atom. The van der Waals surface area contributed by atoms with E-state index >= 15 is 0 Å². The van der Waals surface area contributed by atoms with Gasteiger partial charge in [0.25, 0.3) is 0 Å². The lowest BCUT2D eigenvalue weighted by atomic mass is 10.00. The molecule has 360 valence electrons. The first-order chi connectivity index (χ1) is 30.0. The van der Waals surface area contributed by atoms with Gasteiger partial charge in [0.1, 0.15) is 12.2 Å². The van der Waals surface area contributed by atoms with Gasteiger partial charge in [-0.15, -0.1) is 0 Å². The molecule has 0 aromatic heterocycles. The standard InChI is InChI=1S/C55H105NO5/c1-3-5-7-9-11-13-15-16-17-18-19-20-21-22-23-24-25-26-27-28-29-30-31-32-33-34-35-36-37-39-41-43-45-47-49-53(59)55(61)56-51(50-57)54(60)52(58)48-46-44-42-40-38-14-12-10-8-6-4-2/h21-22,24-25,40,42,51-54,57-60H,3-20,23,26-39,41,43-50H2,1-2H3,(H,56,61)/b22-21-,25-24-,42-40+. The van der Waals surface area contributed by atoms with Crippen molar-refractivity contribution < 1.29 is 25.2 Å². The summed E-state index contributed by atoms with van der Waals surface area (Å²) in [7, 11) is 0. The second-order valence-electron chi connectivity index (χ2n) is 18.6. The second kappa shape index (κ2) is 49.5. The van der Waals surface area contributed by atoms with Gasteiger partial charge in [-0.25, -0.2) is 0 Å². The van der Waals surface area contributed by atoms with Crippen LogP contribution >= 0.6 is 0 Å². The number of amides is 1. The van der Waals surface area contributed by atoms with E-state index in [0.717, 1.165) is 44.9 Å². The lowest BCUT2D eigenvalue weighted by Gasteiger charge is -2.27. The quantitative estimate of drug-likeness (QED) is 0.0309. The van der Waals surface area contributed by atoms with E-state index in [4.69, 9.17) is 0 Å². The SMILES string of the molecule is CCCCCCCC/C=C/CCCC(O)C(O)C(CO)NC(=O)C(O)CCCCCCCCCCCCCCCCCC/C=C\C/C=C\CCCCCCCCCCCCC. The van der Waals surface area contributed by atoms with Gasteiger partial charge in [-0.3, -0.25) is 4.79 Å². The van der Waals surface area contributed by atoms with E-state index in [-0.39, 0.29) is 0 Å². The molecule has 0 radical (unpaired) electrons. The molecule has 5 N–H and O–H groups in total. The molecule has 0 saturated carbocycles. The van der Waals surface area contributed by atoms with Crippen molar-refractivity contribution in [2.75, 3.05) is 6.61 Å².